The summed E-state index contributed by atoms with van der Waals surface area (Å²) < 4.78 is 45.9. The van der Waals surface area contributed by atoms with Gasteiger partial charge in [0.1, 0.15) is 6.10 Å². The largest absolute Gasteiger partial charge is 0.460 e. The number of ether oxygens (including phenoxy) is 1. The summed E-state index contributed by atoms with van der Waals surface area (Å²) >= 11 is 0. The van der Waals surface area contributed by atoms with E-state index in [1.807, 2.05) is 0 Å². The Bertz CT molecular complexity index is 858. The van der Waals surface area contributed by atoms with Crippen LogP contribution in [0.4, 0.5) is 10.2 Å². The monoisotopic (exact) mass is 382 g/mol. The van der Waals surface area contributed by atoms with E-state index >= 15 is 0 Å². The highest BCUT2D eigenvalue weighted by Crippen LogP contribution is 2.27. The fourth-order valence-corrected chi connectivity index (χ4v) is 3.85. The van der Waals surface area contributed by atoms with Gasteiger partial charge in [-0.05, 0) is 38.1 Å². The van der Waals surface area contributed by atoms with Gasteiger partial charge in [0, 0.05) is 0 Å². The predicted molar refractivity (Wildman–Crippen MR) is 91.0 cm³/mol. The minimum Gasteiger partial charge on any atom is -0.460 e. The first-order valence-corrected chi connectivity index (χ1v) is 9.54. The molecule has 0 bridgehead atoms. The Morgan fingerprint density at radius 3 is 2.54 bits per heavy atom. The first-order valence-electron chi connectivity index (χ1n) is 8.06. The van der Waals surface area contributed by atoms with Crippen molar-refractivity contribution >= 4 is 15.7 Å². The quantitative estimate of drug-likeness (QED) is 0.573. The molecule has 1 saturated heterocycles. The van der Waals surface area contributed by atoms with E-state index in [0.29, 0.717) is 12.8 Å². The van der Waals surface area contributed by atoms with Crippen LogP contribution in [-0.4, -0.2) is 44.7 Å². The summed E-state index contributed by atoms with van der Waals surface area (Å²) in [6.07, 6.45) is 1.26. The van der Waals surface area contributed by atoms with Gasteiger partial charge in [-0.25, -0.2) is 13.9 Å². The van der Waals surface area contributed by atoms with Gasteiger partial charge in [0.05, 0.1) is 12.0 Å². The summed E-state index contributed by atoms with van der Waals surface area (Å²) in [7, 11) is -2.92. The Morgan fingerprint density at radius 1 is 1.19 bits per heavy atom. The van der Waals surface area contributed by atoms with E-state index in [1.54, 1.807) is 18.2 Å². The fourth-order valence-electron chi connectivity index (χ4n) is 2.58. The summed E-state index contributed by atoms with van der Waals surface area (Å²) in [6.45, 7) is 1.54. The molecular weight excluding hydrogens is 363 g/mol. The molecule has 2 N–H and O–H groups in total. The fraction of sp³-hybridized carbons (Fsp3) is 0.375. The topological polar surface area (TPSA) is 102 Å². The number of piperidine rings is 1. The maximum absolute atomic E-state index is 14.7. The molecule has 3 rings (SSSR count). The molecular formula is C16H19FN4O4S. The van der Waals surface area contributed by atoms with Crippen LogP contribution in [0.1, 0.15) is 12.8 Å². The predicted octanol–water partition coefficient (Wildman–Crippen LogP) is 1.55. The molecule has 0 spiro atoms. The lowest BCUT2D eigenvalue weighted by Gasteiger charge is -2.23. The molecule has 0 unspecified atom stereocenters. The Balaban J connectivity index is 2.02. The highest BCUT2D eigenvalue weighted by Gasteiger charge is 2.29. The summed E-state index contributed by atoms with van der Waals surface area (Å²) in [4.78, 5) is 12.4. The summed E-state index contributed by atoms with van der Waals surface area (Å²) in [5.74, 6) is -1.53. The molecule has 0 atom stereocenters. The second kappa shape index (κ2) is 7.94. The zero-order chi connectivity index (χ0) is 18.6. The Morgan fingerprint density at radius 2 is 1.88 bits per heavy atom. The molecule has 2 aromatic rings. The van der Waals surface area contributed by atoms with Crippen molar-refractivity contribution in [2.24, 2.45) is 0 Å². The van der Waals surface area contributed by atoms with Crippen LogP contribution in [0, 0.1) is 5.82 Å². The molecule has 10 heteroatoms. The SMILES string of the molecule is CONc1nc(OC2CCNCC2)nc(S(=O)(=O)c2ccccc2)c1F. The zero-order valence-electron chi connectivity index (χ0n) is 14.1. The Hall–Kier alpha value is -2.30. The van der Waals surface area contributed by atoms with Gasteiger partial charge in [-0.15, -0.1) is 0 Å². The number of nitrogens with zero attached hydrogens (tertiary/aromatic N) is 2. The van der Waals surface area contributed by atoms with Crippen LogP contribution in [0.25, 0.3) is 0 Å². The van der Waals surface area contributed by atoms with E-state index in [0.717, 1.165) is 13.1 Å². The number of nitrogens with one attached hydrogen (secondary N) is 2. The lowest BCUT2D eigenvalue weighted by molar-refractivity contribution is 0.146. The van der Waals surface area contributed by atoms with Gasteiger partial charge in [0.15, 0.2) is 5.82 Å². The molecule has 0 radical (unpaired) electrons. The van der Waals surface area contributed by atoms with Crippen molar-refractivity contribution in [1.82, 2.24) is 15.3 Å². The van der Waals surface area contributed by atoms with E-state index in [1.165, 1.54) is 19.2 Å². The number of anilines is 1. The van der Waals surface area contributed by atoms with E-state index in [4.69, 9.17) is 4.74 Å². The molecule has 1 aromatic carbocycles. The third-order valence-corrected chi connectivity index (χ3v) is 5.54. The molecule has 0 saturated carbocycles. The van der Waals surface area contributed by atoms with E-state index in [9.17, 15) is 12.8 Å². The number of benzene rings is 1. The summed E-state index contributed by atoms with van der Waals surface area (Å²) in [5, 5.41) is 2.43. The van der Waals surface area contributed by atoms with Gasteiger partial charge >= 0.3 is 6.01 Å². The first-order chi connectivity index (χ1) is 12.5. The Labute approximate surface area is 150 Å². The van der Waals surface area contributed by atoms with Crippen molar-refractivity contribution in [3.8, 4) is 6.01 Å². The van der Waals surface area contributed by atoms with Crippen LogP contribution < -0.4 is 15.5 Å². The van der Waals surface area contributed by atoms with Gasteiger partial charge in [0.2, 0.25) is 20.7 Å². The smallest absolute Gasteiger partial charge is 0.320 e. The van der Waals surface area contributed by atoms with Gasteiger partial charge in [-0.2, -0.15) is 14.4 Å². The molecule has 8 nitrogen and oxygen atoms in total. The maximum atomic E-state index is 14.7. The van der Waals surface area contributed by atoms with Gasteiger partial charge in [0.25, 0.3) is 0 Å². The number of hydrogen-bond acceptors (Lipinski definition) is 8. The molecule has 1 aliphatic heterocycles. The van der Waals surface area contributed by atoms with Crippen LogP contribution in [0.15, 0.2) is 40.3 Å². The standard InChI is InChI=1S/C16H19FN4O4S/c1-24-21-14-13(17)15(26(22,23)12-5-3-2-4-6-12)20-16(19-14)25-11-7-9-18-10-8-11/h2-6,11,18H,7-10H2,1H3,(H,19,20,21). The number of rotatable bonds is 6. The number of aromatic nitrogens is 2. The van der Waals surface area contributed by atoms with Crippen LogP contribution in [0.2, 0.25) is 0 Å². The first kappa shape index (κ1) is 18.5. The average Bonchev–Trinajstić information content (AvgIpc) is 2.66. The number of halogens is 1. The van der Waals surface area contributed by atoms with Gasteiger partial charge in [-0.1, -0.05) is 18.2 Å². The second-order valence-electron chi connectivity index (χ2n) is 5.66. The molecule has 0 aliphatic carbocycles. The summed E-state index contributed by atoms with van der Waals surface area (Å²) in [5.41, 5.74) is 2.23. The average molecular weight is 382 g/mol. The highest BCUT2D eigenvalue weighted by molar-refractivity contribution is 7.91. The van der Waals surface area contributed by atoms with Crippen molar-refractivity contribution in [3.63, 3.8) is 0 Å². The minimum atomic E-state index is -4.19. The van der Waals surface area contributed by atoms with Crippen molar-refractivity contribution in [3.05, 3.63) is 36.1 Å². The lowest BCUT2D eigenvalue weighted by Crippen LogP contribution is -2.34. The van der Waals surface area contributed by atoms with E-state index < -0.39 is 26.5 Å². The van der Waals surface area contributed by atoms with Crippen LogP contribution >= 0.6 is 0 Å². The van der Waals surface area contributed by atoms with E-state index in [-0.39, 0.29) is 17.0 Å². The maximum Gasteiger partial charge on any atom is 0.320 e. The van der Waals surface area contributed by atoms with Crippen molar-refractivity contribution in [2.75, 3.05) is 25.7 Å². The Kier molecular flexibility index (Phi) is 5.64. The number of sulfone groups is 1. The molecule has 26 heavy (non-hydrogen) atoms. The van der Waals surface area contributed by atoms with Crippen LogP contribution in [0.3, 0.4) is 0 Å². The molecule has 1 aliphatic rings. The molecule has 0 amide bonds. The molecule has 1 fully saturated rings. The normalized spacial score (nSPS) is 15.6. The van der Waals surface area contributed by atoms with Crippen molar-refractivity contribution in [2.45, 2.75) is 28.9 Å². The van der Waals surface area contributed by atoms with Crippen molar-refractivity contribution in [1.29, 1.82) is 0 Å². The summed E-state index contributed by atoms with van der Waals surface area (Å²) in [6, 6.07) is 7.28. The lowest BCUT2D eigenvalue weighted by atomic mass is 10.1. The van der Waals surface area contributed by atoms with Crippen molar-refractivity contribution < 1.29 is 22.4 Å². The van der Waals surface area contributed by atoms with Gasteiger partial charge in [-0.3, -0.25) is 4.84 Å². The van der Waals surface area contributed by atoms with Crippen LogP contribution in [0.5, 0.6) is 6.01 Å². The minimum absolute atomic E-state index is 0.0752. The molecule has 140 valence electrons. The molecule has 2 heterocycles. The zero-order valence-corrected chi connectivity index (χ0v) is 14.9. The van der Waals surface area contributed by atoms with Crippen LogP contribution in [-0.2, 0) is 14.7 Å². The van der Waals surface area contributed by atoms with Gasteiger partial charge < -0.3 is 10.1 Å². The third-order valence-electron chi connectivity index (χ3n) is 3.87. The molecule has 1 aromatic heterocycles. The van der Waals surface area contributed by atoms with E-state index in [2.05, 4.69) is 25.6 Å². The number of hydrogen-bond donors (Lipinski definition) is 2. The highest BCUT2D eigenvalue weighted by atomic mass is 32.2. The second-order valence-corrected chi connectivity index (χ2v) is 7.53. The third kappa shape index (κ3) is 3.92.